The monoisotopic (exact) mass is 1010 g/mol. The maximum Gasteiger partial charge on any atom is 0.308 e. The number of hydrogen-bond donors (Lipinski definition) is 0. The van der Waals surface area contributed by atoms with E-state index in [0.717, 1.165) is 38.9 Å². The number of carbonyl (C=O) groups excluding carboxylic acids is 2. The number of carbonyl (C=O) groups is 2. The van der Waals surface area contributed by atoms with Gasteiger partial charge in [-0.25, -0.2) is 0 Å². The van der Waals surface area contributed by atoms with Crippen LogP contribution in [0.4, 0.5) is 0 Å². The molecule has 13 nitrogen and oxygen atoms in total. The van der Waals surface area contributed by atoms with Crippen LogP contribution >= 0.6 is 0 Å². The first kappa shape index (κ1) is 62.1. The van der Waals surface area contributed by atoms with Gasteiger partial charge in [-0.1, -0.05) is 130 Å². The van der Waals surface area contributed by atoms with Crippen LogP contribution in [-0.2, 0) is 52.4 Å². The first-order valence-electron chi connectivity index (χ1n) is 29.0. The highest BCUT2D eigenvalue weighted by atomic mass is 16.7. The number of nitrogens with zero attached hydrogens (tertiary/aromatic N) is 2. The summed E-state index contributed by atoms with van der Waals surface area (Å²) in [5, 5.41) is 4.38. The maximum atomic E-state index is 12.9. The molecule has 0 aromatic rings. The van der Waals surface area contributed by atoms with E-state index < -0.39 is 22.4 Å². The van der Waals surface area contributed by atoms with E-state index in [-0.39, 0.29) is 73.4 Å². The fraction of sp³-hybridized carbons (Fsp3) is 0.966. The second-order valence-electron chi connectivity index (χ2n) is 25.0. The molecule has 0 aliphatic carbocycles. The predicted molar refractivity (Wildman–Crippen MR) is 282 cm³/mol. The van der Waals surface area contributed by atoms with Gasteiger partial charge in [0.1, 0.15) is 13.2 Å². The highest BCUT2D eigenvalue weighted by Crippen LogP contribution is 2.51. The molecule has 4 heterocycles. The first-order valence-corrected chi connectivity index (χ1v) is 29.0. The molecular weight excluding hydrogens is 901 g/mol. The van der Waals surface area contributed by atoms with Gasteiger partial charge in [0.2, 0.25) is 0 Å². The Morgan fingerprint density at radius 2 is 0.690 bits per heavy atom. The van der Waals surface area contributed by atoms with Crippen molar-refractivity contribution in [2.75, 3.05) is 66.1 Å². The molecule has 4 aliphatic heterocycles. The molecule has 4 aliphatic rings. The van der Waals surface area contributed by atoms with Gasteiger partial charge in [-0.05, 0) is 81.1 Å². The van der Waals surface area contributed by atoms with Gasteiger partial charge in [0, 0.05) is 47.8 Å². The fourth-order valence-corrected chi connectivity index (χ4v) is 12.0. The van der Waals surface area contributed by atoms with Crippen molar-refractivity contribution in [1.29, 1.82) is 0 Å². The number of hydrogen-bond acceptors (Lipinski definition) is 13. The summed E-state index contributed by atoms with van der Waals surface area (Å²) < 4.78 is 44.0. The summed E-state index contributed by atoms with van der Waals surface area (Å²) in [7, 11) is 0. The van der Waals surface area contributed by atoms with Crippen molar-refractivity contribution in [2.24, 2.45) is 10.8 Å². The van der Waals surface area contributed by atoms with Gasteiger partial charge >= 0.3 is 11.9 Å². The van der Waals surface area contributed by atoms with Crippen LogP contribution in [-0.4, -0.2) is 122 Å². The second kappa shape index (κ2) is 29.2. The molecule has 0 bridgehead atoms. The molecule has 2 spiro atoms. The Bertz CT molecular complexity index is 1370. The number of hydroxylamine groups is 4. The molecule has 4 rings (SSSR count). The number of ether oxygens (including phenoxy) is 7. The van der Waals surface area contributed by atoms with Gasteiger partial charge in [0.25, 0.3) is 0 Å². The van der Waals surface area contributed by atoms with Gasteiger partial charge in [0.15, 0.2) is 11.6 Å². The Labute approximate surface area is 433 Å². The van der Waals surface area contributed by atoms with E-state index >= 15 is 0 Å². The van der Waals surface area contributed by atoms with E-state index in [1.54, 1.807) is 0 Å². The van der Waals surface area contributed by atoms with Crippen molar-refractivity contribution in [1.82, 2.24) is 10.1 Å². The Morgan fingerprint density at radius 3 is 0.972 bits per heavy atom. The molecule has 0 radical (unpaired) electrons. The quantitative estimate of drug-likeness (QED) is 0.0449. The Hall–Kier alpha value is -1.42. The Kier molecular flexibility index (Phi) is 25.5. The van der Waals surface area contributed by atoms with Crippen LogP contribution in [0.1, 0.15) is 250 Å². The molecule has 0 saturated carbocycles. The number of piperidine rings is 2. The van der Waals surface area contributed by atoms with Crippen LogP contribution in [0.5, 0.6) is 0 Å². The van der Waals surface area contributed by atoms with Crippen molar-refractivity contribution < 1.29 is 52.4 Å². The zero-order valence-corrected chi connectivity index (χ0v) is 47.8. The molecule has 13 heteroatoms. The van der Waals surface area contributed by atoms with Gasteiger partial charge in [0.05, 0.1) is 76.5 Å². The third-order valence-corrected chi connectivity index (χ3v) is 16.0. The fourth-order valence-electron chi connectivity index (χ4n) is 12.0. The van der Waals surface area contributed by atoms with E-state index in [1.807, 2.05) is 0 Å². The van der Waals surface area contributed by atoms with E-state index in [0.29, 0.717) is 52.1 Å². The molecule has 0 N–H and O–H groups in total. The van der Waals surface area contributed by atoms with Crippen molar-refractivity contribution >= 4 is 11.9 Å². The molecule has 416 valence electrons. The minimum Gasteiger partial charge on any atom is -0.465 e. The summed E-state index contributed by atoms with van der Waals surface area (Å²) in [5.74, 6) is -2.15. The molecule has 4 saturated heterocycles. The first-order chi connectivity index (χ1) is 33.7. The summed E-state index contributed by atoms with van der Waals surface area (Å²) in [6.45, 7) is 30.4. The van der Waals surface area contributed by atoms with E-state index in [1.165, 1.54) is 103 Å². The zero-order chi connectivity index (χ0) is 52.1. The SMILES string of the molecule is CCCCCCCCCCCON1C(C)(C)CC2(CC1(C)C)OCC(CC)(COC(=O)CCOCCC(=O)OCC1(CC)COC3(CC(C)(C)N(OCCCCCCCCCCC)C(C)(C)C3)OC1)CO2. The maximum absolute atomic E-state index is 12.9. The van der Waals surface area contributed by atoms with Crippen LogP contribution in [0.25, 0.3) is 0 Å². The summed E-state index contributed by atoms with van der Waals surface area (Å²) in [4.78, 5) is 38.8. The van der Waals surface area contributed by atoms with Gasteiger partial charge in [-0.2, -0.15) is 10.1 Å². The highest BCUT2D eigenvalue weighted by molar-refractivity contribution is 5.70. The number of esters is 2. The van der Waals surface area contributed by atoms with E-state index in [4.69, 9.17) is 42.8 Å². The molecular formula is C58H108N2O11. The summed E-state index contributed by atoms with van der Waals surface area (Å²) in [5.41, 5.74) is -2.05. The van der Waals surface area contributed by atoms with E-state index in [9.17, 15) is 9.59 Å². The molecule has 0 amide bonds. The van der Waals surface area contributed by atoms with E-state index in [2.05, 4.69) is 93.2 Å². The standard InChI is InChI=1S/C58H108N2O11/c1-13-17-19-21-23-25-27-29-31-35-70-59-51(5,6)39-57(40-52(59,7)8)66-45-55(15-3,46-67-57)43-64-49(61)33-37-63-38-34-50(62)65-44-56(16-4)47-68-58(69-48-56)41-53(9,10)60(54(11,12)42-58)71-36-32-30-28-26-24-22-20-18-14-2/h13-48H2,1-12H3. The normalized spacial score (nSPS) is 22.9. The number of unbranched alkanes of at least 4 members (excludes halogenated alkanes) is 16. The third-order valence-electron chi connectivity index (χ3n) is 16.0. The van der Waals surface area contributed by atoms with Crippen molar-refractivity contribution in [2.45, 2.75) is 284 Å². The van der Waals surface area contributed by atoms with Gasteiger partial charge in [-0.3, -0.25) is 19.3 Å². The molecule has 4 fully saturated rings. The van der Waals surface area contributed by atoms with Gasteiger partial charge in [-0.15, -0.1) is 0 Å². The molecule has 0 aromatic heterocycles. The van der Waals surface area contributed by atoms with Crippen molar-refractivity contribution in [3.05, 3.63) is 0 Å². The second-order valence-corrected chi connectivity index (χ2v) is 25.0. The lowest BCUT2D eigenvalue weighted by Gasteiger charge is -2.59. The van der Waals surface area contributed by atoms with Gasteiger partial charge < -0.3 is 33.2 Å². The van der Waals surface area contributed by atoms with Crippen LogP contribution in [0.2, 0.25) is 0 Å². The topological polar surface area (TPSA) is 124 Å². The van der Waals surface area contributed by atoms with Crippen LogP contribution < -0.4 is 0 Å². The van der Waals surface area contributed by atoms with Crippen LogP contribution in [0, 0.1) is 10.8 Å². The molecule has 0 aromatic carbocycles. The minimum absolute atomic E-state index is 0.0872. The summed E-state index contributed by atoms with van der Waals surface area (Å²) >= 11 is 0. The lowest BCUT2D eigenvalue weighted by molar-refractivity contribution is -0.384. The molecule has 0 atom stereocenters. The summed E-state index contributed by atoms with van der Waals surface area (Å²) in [6.07, 6.45) is 27.6. The lowest BCUT2D eigenvalue weighted by Crippen LogP contribution is -2.68. The highest BCUT2D eigenvalue weighted by Gasteiger charge is 2.59. The minimum atomic E-state index is -0.727. The van der Waals surface area contributed by atoms with Crippen molar-refractivity contribution in [3.63, 3.8) is 0 Å². The molecule has 0 unspecified atom stereocenters. The lowest BCUT2D eigenvalue weighted by atomic mass is 9.76. The summed E-state index contributed by atoms with van der Waals surface area (Å²) in [6, 6.07) is 0. The van der Waals surface area contributed by atoms with Crippen LogP contribution in [0.15, 0.2) is 0 Å². The predicted octanol–water partition coefficient (Wildman–Crippen LogP) is 13.4. The Morgan fingerprint density at radius 1 is 0.408 bits per heavy atom. The Balaban J connectivity index is 1.09. The molecule has 71 heavy (non-hydrogen) atoms. The van der Waals surface area contributed by atoms with Crippen LogP contribution in [0.3, 0.4) is 0 Å². The average Bonchev–Trinajstić information content (AvgIpc) is 3.30. The largest absolute Gasteiger partial charge is 0.465 e. The van der Waals surface area contributed by atoms with Crippen molar-refractivity contribution in [3.8, 4) is 0 Å². The number of rotatable bonds is 34. The average molecular weight is 1010 g/mol. The zero-order valence-electron chi connectivity index (χ0n) is 47.8. The smallest absolute Gasteiger partial charge is 0.308 e. The third kappa shape index (κ3) is 19.6.